The molecule has 0 aromatic heterocycles. The highest BCUT2D eigenvalue weighted by atomic mass is 32.2. The van der Waals surface area contributed by atoms with Crippen LogP contribution >= 0.6 is 11.8 Å². The maximum Gasteiger partial charge on any atom is 0.220 e. The molecule has 1 atom stereocenters. The van der Waals surface area contributed by atoms with Crippen LogP contribution in [0.4, 0.5) is 0 Å². The minimum Gasteiger partial charge on any atom is -0.359 e. The summed E-state index contributed by atoms with van der Waals surface area (Å²) in [5.74, 6) is 2.22. The molecule has 3 rings (SSSR count). The topological polar surface area (TPSA) is 53.5 Å². The molecule has 106 valence electrons. The third-order valence-electron chi connectivity index (χ3n) is 4.63. The third kappa shape index (κ3) is 3.07. The largest absolute Gasteiger partial charge is 0.359 e. The number of carbonyl (C=O) groups is 1. The Bertz CT molecular complexity index is 388. The van der Waals surface area contributed by atoms with Gasteiger partial charge in [-0.15, -0.1) is 0 Å². The first-order valence-electron chi connectivity index (χ1n) is 7.40. The fourth-order valence-electron chi connectivity index (χ4n) is 3.18. The Kier molecular flexibility index (Phi) is 3.74. The van der Waals surface area contributed by atoms with Gasteiger partial charge in [-0.3, -0.25) is 9.79 Å². The number of thioether (sulfide) groups is 1. The highest BCUT2D eigenvalue weighted by Gasteiger charge is 2.39. The molecule has 4 nitrogen and oxygen atoms in total. The summed E-state index contributed by atoms with van der Waals surface area (Å²) < 4.78 is 0. The van der Waals surface area contributed by atoms with Gasteiger partial charge >= 0.3 is 0 Å². The fraction of sp³-hybridized carbons (Fsp3) is 0.857. The molecule has 2 saturated heterocycles. The number of rotatable bonds is 2. The van der Waals surface area contributed by atoms with Crippen LogP contribution in [0.3, 0.4) is 0 Å². The lowest BCUT2D eigenvalue weighted by atomic mass is 9.78. The molecule has 1 aliphatic carbocycles. The Balaban J connectivity index is 1.52. The standard InChI is InChI=1S/C14H23N3OS/c1-10-4-6-14(7-5-10)9-19-13(17-14)15-8-11-2-3-12(18)16-11/h10-11H,2-9H2,1H3,(H,15,17)(H,16,18). The second-order valence-electron chi connectivity index (χ2n) is 6.33. The molecule has 2 aliphatic heterocycles. The number of aliphatic imine (C=N–C) groups is 1. The van der Waals surface area contributed by atoms with Crippen molar-refractivity contribution in [3.8, 4) is 0 Å². The second-order valence-corrected chi connectivity index (χ2v) is 7.29. The zero-order valence-electron chi connectivity index (χ0n) is 11.6. The van der Waals surface area contributed by atoms with Crippen molar-refractivity contribution in [3.05, 3.63) is 0 Å². The monoisotopic (exact) mass is 281 g/mol. The van der Waals surface area contributed by atoms with Gasteiger partial charge < -0.3 is 10.6 Å². The van der Waals surface area contributed by atoms with E-state index in [4.69, 9.17) is 0 Å². The van der Waals surface area contributed by atoms with Crippen molar-refractivity contribution in [2.24, 2.45) is 10.9 Å². The molecule has 1 unspecified atom stereocenters. The van der Waals surface area contributed by atoms with Gasteiger partial charge in [0.05, 0.1) is 6.54 Å². The predicted molar refractivity (Wildman–Crippen MR) is 79.4 cm³/mol. The molecule has 2 heterocycles. The number of amidine groups is 1. The molecule has 19 heavy (non-hydrogen) atoms. The zero-order valence-corrected chi connectivity index (χ0v) is 12.4. The van der Waals surface area contributed by atoms with Gasteiger partial charge in [0.1, 0.15) is 0 Å². The van der Waals surface area contributed by atoms with Crippen LogP contribution in [-0.2, 0) is 4.79 Å². The second kappa shape index (κ2) is 5.35. The van der Waals surface area contributed by atoms with Crippen LogP contribution in [0, 0.1) is 5.92 Å². The normalized spacial score (nSPS) is 40.7. The summed E-state index contributed by atoms with van der Waals surface area (Å²) in [5.41, 5.74) is 0.314. The summed E-state index contributed by atoms with van der Waals surface area (Å²) >= 11 is 1.86. The van der Waals surface area contributed by atoms with Crippen molar-refractivity contribution < 1.29 is 4.79 Å². The van der Waals surface area contributed by atoms with E-state index in [1.54, 1.807) is 0 Å². The highest BCUT2D eigenvalue weighted by Crippen LogP contribution is 2.38. The Morgan fingerprint density at radius 2 is 2.16 bits per heavy atom. The van der Waals surface area contributed by atoms with E-state index >= 15 is 0 Å². The molecule has 5 heteroatoms. The molecule has 3 aliphatic rings. The average Bonchev–Trinajstić information content (AvgIpc) is 2.99. The van der Waals surface area contributed by atoms with Crippen molar-refractivity contribution in [2.75, 3.05) is 12.3 Å². The quantitative estimate of drug-likeness (QED) is 0.813. The van der Waals surface area contributed by atoms with E-state index in [-0.39, 0.29) is 11.9 Å². The molecule has 0 aromatic carbocycles. The van der Waals surface area contributed by atoms with Gasteiger partial charge in [0.25, 0.3) is 0 Å². The number of hydrogen-bond acceptors (Lipinski definition) is 3. The van der Waals surface area contributed by atoms with E-state index in [0.29, 0.717) is 12.0 Å². The van der Waals surface area contributed by atoms with Crippen LogP contribution in [0.5, 0.6) is 0 Å². The Labute approximate surface area is 119 Å². The van der Waals surface area contributed by atoms with Crippen molar-refractivity contribution in [1.29, 1.82) is 0 Å². The summed E-state index contributed by atoms with van der Waals surface area (Å²) in [4.78, 5) is 15.8. The first kappa shape index (κ1) is 13.3. The number of hydrogen-bond donors (Lipinski definition) is 2. The third-order valence-corrected chi connectivity index (χ3v) is 5.83. The van der Waals surface area contributed by atoms with E-state index < -0.39 is 0 Å². The molecular formula is C14H23N3OS. The van der Waals surface area contributed by atoms with Crippen LogP contribution in [-0.4, -0.2) is 35.0 Å². The van der Waals surface area contributed by atoms with E-state index in [2.05, 4.69) is 22.5 Å². The Morgan fingerprint density at radius 3 is 2.84 bits per heavy atom. The van der Waals surface area contributed by atoms with Crippen LogP contribution in [0.25, 0.3) is 0 Å². The number of amides is 1. The molecule has 2 N–H and O–H groups in total. The molecule has 0 radical (unpaired) electrons. The van der Waals surface area contributed by atoms with Crippen LogP contribution < -0.4 is 10.6 Å². The summed E-state index contributed by atoms with van der Waals surface area (Å²) in [6.07, 6.45) is 6.82. The summed E-state index contributed by atoms with van der Waals surface area (Å²) in [7, 11) is 0. The first-order chi connectivity index (χ1) is 9.15. The molecule has 0 aromatic rings. The van der Waals surface area contributed by atoms with Crippen LogP contribution in [0.15, 0.2) is 4.99 Å². The minimum absolute atomic E-state index is 0.176. The van der Waals surface area contributed by atoms with Crippen molar-refractivity contribution >= 4 is 22.8 Å². The number of nitrogens with zero attached hydrogens (tertiary/aromatic N) is 1. The zero-order chi connectivity index (χ0) is 13.3. The summed E-state index contributed by atoms with van der Waals surface area (Å²) in [6.45, 7) is 3.08. The maximum absolute atomic E-state index is 11.1. The Morgan fingerprint density at radius 1 is 1.37 bits per heavy atom. The predicted octanol–water partition coefficient (Wildman–Crippen LogP) is 1.91. The maximum atomic E-state index is 11.1. The van der Waals surface area contributed by atoms with Gasteiger partial charge in [-0.2, -0.15) is 0 Å². The van der Waals surface area contributed by atoms with E-state index in [1.807, 2.05) is 11.8 Å². The number of carbonyl (C=O) groups excluding carboxylic acids is 1. The SMILES string of the molecule is CC1CCC2(CC1)CSC(=NCC1CCC(=O)N1)N2. The van der Waals surface area contributed by atoms with Crippen LogP contribution in [0.1, 0.15) is 45.4 Å². The lowest BCUT2D eigenvalue weighted by Gasteiger charge is -2.35. The molecule has 1 spiro atoms. The van der Waals surface area contributed by atoms with E-state index in [1.165, 1.54) is 25.7 Å². The molecular weight excluding hydrogens is 258 g/mol. The van der Waals surface area contributed by atoms with Crippen molar-refractivity contribution in [2.45, 2.75) is 57.0 Å². The van der Waals surface area contributed by atoms with Crippen molar-refractivity contribution in [3.63, 3.8) is 0 Å². The van der Waals surface area contributed by atoms with Gasteiger partial charge in [0, 0.05) is 23.8 Å². The molecule has 1 amide bonds. The molecule has 0 bridgehead atoms. The Hall–Kier alpha value is -0.710. The summed E-state index contributed by atoms with van der Waals surface area (Å²) in [6, 6.07) is 0.255. The smallest absolute Gasteiger partial charge is 0.220 e. The fourth-order valence-corrected chi connectivity index (χ4v) is 4.41. The minimum atomic E-state index is 0.176. The van der Waals surface area contributed by atoms with Crippen LogP contribution in [0.2, 0.25) is 0 Å². The van der Waals surface area contributed by atoms with Gasteiger partial charge in [-0.1, -0.05) is 18.7 Å². The molecule has 1 saturated carbocycles. The highest BCUT2D eigenvalue weighted by molar-refractivity contribution is 8.14. The van der Waals surface area contributed by atoms with Gasteiger partial charge in [-0.05, 0) is 38.0 Å². The van der Waals surface area contributed by atoms with E-state index in [9.17, 15) is 4.79 Å². The number of nitrogens with one attached hydrogen (secondary N) is 2. The lowest BCUT2D eigenvalue weighted by Crippen LogP contribution is -2.46. The van der Waals surface area contributed by atoms with Crippen molar-refractivity contribution in [1.82, 2.24) is 10.6 Å². The summed E-state index contributed by atoms with van der Waals surface area (Å²) in [5, 5.41) is 7.73. The van der Waals surface area contributed by atoms with Gasteiger partial charge in [-0.25, -0.2) is 0 Å². The van der Waals surface area contributed by atoms with Gasteiger partial charge in [0.2, 0.25) is 5.91 Å². The first-order valence-corrected chi connectivity index (χ1v) is 8.39. The van der Waals surface area contributed by atoms with E-state index in [0.717, 1.165) is 29.8 Å². The van der Waals surface area contributed by atoms with Gasteiger partial charge in [0.15, 0.2) is 5.17 Å². The molecule has 3 fully saturated rings. The average molecular weight is 281 g/mol. The lowest BCUT2D eigenvalue weighted by molar-refractivity contribution is -0.119.